The Bertz CT molecular complexity index is 526. The van der Waals surface area contributed by atoms with Gasteiger partial charge in [0.25, 0.3) is 0 Å². The van der Waals surface area contributed by atoms with Crippen LogP contribution in [0.4, 0.5) is 0 Å². The highest BCUT2D eigenvalue weighted by Gasteiger charge is 2.20. The third-order valence-electron chi connectivity index (χ3n) is 3.41. The quantitative estimate of drug-likeness (QED) is 0.872. The molecule has 0 bridgehead atoms. The van der Waals surface area contributed by atoms with Gasteiger partial charge in [0.15, 0.2) is 0 Å². The van der Waals surface area contributed by atoms with Crippen LogP contribution in [0.1, 0.15) is 31.0 Å². The molecule has 1 fully saturated rings. The highest BCUT2D eigenvalue weighted by molar-refractivity contribution is 5.40. The van der Waals surface area contributed by atoms with Gasteiger partial charge in [0.1, 0.15) is 0 Å². The summed E-state index contributed by atoms with van der Waals surface area (Å²) in [6.45, 7) is 3.06. The third kappa shape index (κ3) is 2.46. The van der Waals surface area contributed by atoms with Crippen molar-refractivity contribution in [2.75, 3.05) is 0 Å². The van der Waals surface area contributed by atoms with Crippen LogP contribution in [0, 0.1) is 0 Å². The monoisotopic (exact) mass is 241 g/mol. The van der Waals surface area contributed by atoms with Crippen LogP contribution in [0.25, 0.3) is 5.69 Å². The van der Waals surface area contributed by atoms with Gasteiger partial charge in [0, 0.05) is 18.8 Å². The van der Waals surface area contributed by atoms with Gasteiger partial charge in [0.05, 0.1) is 11.4 Å². The first-order valence-electron chi connectivity index (χ1n) is 6.73. The van der Waals surface area contributed by atoms with E-state index >= 15 is 0 Å². The Kier molecular flexibility index (Phi) is 3.15. The van der Waals surface area contributed by atoms with E-state index in [1.54, 1.807) is 0 Å². The van der Waals surface area contributed by atoms with Crippen LogP contribution in [-0.4, -0.2) is 15.8 Å². The highest BCUT2D eigenvalue weighted by Crippen LogP contribution is 2.19. The summed E-state index contributed by atoms with van der Waals surface area (Å²) < 4.78 is 1.99. The van der Waals surface area contributed by atoms with Crippen LogP contribution >= 0.6 is 0 Å². The molecule has 0 saturated heterocycles. The fraction of sp³-hybridized carbons (Fsp3) is 0.400. The van der Waals surface area contributed by atoms with Gasteiger partial charge in [-0.1, -0.05) is 25.1 Å². The molecule has 0 spiro atoms. The minimum Gasteiger partial charge on any atom is -0.308 e. The topological polar surface area (TPSA) is 29.9 Å². The van der Waals surface area contributed by atoms with E-state index in [0.29, 0.717) is 0 Å². The minimum atomic E-state index is 0.734. The van der Waals surface area contributed by atoms with Crippen LogP contribution in [0.2, 0.25) is 0 Å². The maximum absolute atomic E-state index is 4.64. The molecule has 0 aliphatic heterocycles. The lowest BCUT2D eigenvalue weighted by Gasteiger charge is -2.07. The van der Waals surface area contributed by atoms with Crippen molar-refractivity contribution in [1.29, 1.82) is 0 Å². The van der Waals surface area contributed by atoms with Crippen molar-refractivity contribution >= 4 is 0 Å². The molecule has 0 atom stereocenters. The summed E-state index contributed by atoms with van der Waals surface area (Å²) in [5.74, 6) is 0. The van der Waals surface area contributed by atoms with Crippen LogP contribution in [0.5, 0.6) is 0 Å². The average molecular weight is 241 g/mol. The van der Waals surface area contributed by atoms with Gasteiger partial charge in [-0.3, -0.25) is 0 Å². The molecule has 3 nitrogen and oxygen atoms in total. The molecule has 0 amide bonds. The molecule has 1 aliphatic rings. The second-order valence-corrected chi connectivity index (χ2v) is 4.89. The maximum Gasteiger partial charge on any atom is 0.0766 e. The minimum absolute atomic E-state index is 0.734. The molecule has 0 unspecified atom stereocenters. The fourth-order valence-corrected chi connectivity index (χ4v) is 2.16. The standard InChI is InChI=1S/C15H19N3/c1-2-12-5-3-4-6-15(12)18-10-9-14(17-18)11-16-13-7-8-13/h3-6,9-10,13,16H,2,7-8,11H2,1H3. The van der Waals surface area contributed by atoms with E-state index in [2.05, 4.69) is 53.9 Å². The Hall–Kier alpha value is -1.61. The largest absolute Gasteiger partial charge is 0.308 e. The molecule has 18 heavy (non-hydrogen) atoms. The van der Waals surface area contributed by atoms with E-state index in [0.717, 1.165) is 24.7 Å². The van der Waals surface area contributed by atoms with Crippen LogP contribution < -0.4 is 5.32 Å². The second-order valence-electron chi connectivity index (χ2n) is 4.89. The molecule has 3 heteroatoms. The Labute approximate surface area is 108 Å². The molecule has 1 aromatic heterocycles. The summed E-state index contributed by atoms with van der Waals surface area (Å²) in [4.78, 5) is 0. The number of aryl methyl sites for hydroxylation is 1. The second kappa shape index (κ2) is 4.94. The summed E-state index contributed by atoms with van der Waals surface area (Å²) >= 11 is 0. The van der Waals surface area contributed by atoms with Gasteiger partial charge in [-0.05, 0) is 37.0 Å². The highest BCUT2D eigenvalue weighted by atomic mass is 15.3. The first-order chi connectivity index (χ1) is 8.86. The van der Waals surface area contributed by atoms with Crippen molar-refractivity contribution in [3.63, 3.8) is 0 Å². The zero-order chi connectivity index (χ0) is 12.4. The van der Waals surface area contributed by atoms with E-state index in [-0.39, 0.29) is 0 Å². The van der Waals surface area contributed by atoms with Gasteiger partial charge in [0.2, 0.25) is 0 Å². The lowest BCUT2D eigenvalue weighted by molar-refractivity contribution is 0.664. The number of nitrogens with zero attached hydrogens (tertiary/aromatic N) is 2. The average Bonchev–Trinajstić information content (AvgIpc) is 3.13. The Morgan fingerprint density at radius 3 is 2.89 bits per heavy atom. The summed E-state index contributed by atoms with van der Waals surface area (Å²) in [6, 6.07) is 11.3. The van der Waals surface area contributed by atoms with E-state index < -0.39 is 0 Å². The predicted molar refractivity (Wildman–Crippen MR) is 72.8 cm³/mol. The number of hydrogen-bond donors (Lipinski definition) is 1. The van der Waals surface area contributed by atoms with Crippen LogP contribution in [-0.2, 0) is 13.0 Å². The predicted octanol–water partition coefficient (Wildman–Crippen LogP) is 2.69. The summed E-state index contributed by atoms with van der Waals surface area (Å²) in [5, 5.41) is 8.13. The summed E-state index contributed by atoms with van der Waals surface area (Å²) in [7, 11) is 0. The number of para-hydroxylation sites is 1. The van der Waals surface area contributed by atoms with E-state index in [4.69, 9.17) is 0 Å². The summed E-state index contributed by atoms with van der Waals surface area (Å²) in [6.07, 6.45) is 5.73. The normalized spacial score (nSPS) is 14.9. The molecule has 1 aliphatic carbocycles. The van der Waals surface area contributed by atoms with Crippen molar-refractivity contribution in [3.05, 3.63) is 47.8 Å². The number of aromatic nitrogens is 2. The third-order valence-corrected chi connectivity index (χ3v) is 3.41. The van der Waals surface area contributed by atoms with Crippen molar-refractivity contribution in [2.24, 2.45) is 0 Å². The van der Waals surface area contributed by atoms with Gasteiger partial charge >= 0.3 is 0 Å². The zero-order valence-electron chi connectivity index (χ0n) is 10.8. The first-order valence-corrected chi connectivity index (χ1v) is 6.73. The fourth-order valence-electron chi connectivity index (χ4n) is 2.16. The number of rotatable bonds is 5. The smallest absolute Gasteiger partial charge is 0.0766 e. The Balaban J connectivity index is 1.78. The molecule has 3 rings (SSSR count). The molecule has 1 heterocycles. The molecule has 94 valence electrons. The van der Waals surface area contributed by atoms with Crippen molar-refractivity contribution < 1.29 is 0 Å². The number of nitrogens with one attached hydrogen (secondary N) is 1. The molecular weight excluding hydrogens is 222 g/mol. The maximum atomic E-state index is 4.64. The van der Waals surface area contributed by atoms with Gasteiger partial charge in [-0.25, -0.2) is 4.68 Å². The van der Waals surface area contributed by atoms with Crippen molar-refractivity contribution in [3.8, 4) is 5.69 Å². The lowest BCUT2D eigenvalue weighted by Crippen LogP contribution is -2.15. The molecule has 0 radical (unpaired) electrons. The summed E-state index contributed by atoms with van der Waals surface area (Å²) in [5.41, 5.74) is 3.65. The molecule has 2 aromatic rings. The first kappa shape index (κ1) is 11.5. The zero-order valence-corrected chi connectivity index (χ0v) is 10.8. The van der Waals surface area contributed by atoms with Gasteiger partial charge in [-0.2, -0.15) is 5.10 Å². The van der Waals surface area contributed by atoms with Crippen LogP contribution in [0.3, 0.4) is 0 Å². The SMILES string of the molecule is CCc1ccccc1-n1ccc(CNC2CC2)n1. The molecule has 1 saturated carbocycles. The molecular formula is C15H19N3. The lowest BCUT2D eigenvalue weighted by atomic mass is 10.1. The Morgan fingerprint density at radius 1 is 1.28 bits per heavy atom. The Morgan fingerprint density at radius 2 is 2.11 bits per heavy atom. The van der Waals surface area contributed by atoms with E-state index in [9.17, 15) is 0 Å². The van der Waals surface area contributed by atoms with Crippen molar-refractivity contribution in [1.82, 2.24) is 15.1 Å². The van der Waals surface area contributed by atoms with Gasteiger partial charge < -0.3 is 5.32 Å². The molecule has 1 N–H and O–H groups in total. The molecule has 1 aromatic carbocycles. The van der Waals surface area contributed by atoms with Crippen molar-refractivity contribution in [2.45, 2.75) is 38.8 Å². The van der Waals surface area contributed by atoms with E-state index in [1.807, 2.05) is 4.68 Å². The number of benzene rings is 1. The number of hydrogen-bond acceptors (Lipinski definition) is 2. The van der Waals surface area contributed by atoms with E-state index in [1.165, 1.54) is 24.1 Å². The van der Waals surface area contributed by atoms with Crippen LogP contribution in [0.15, 0.2) is 36.5 Å². The van der Waals surface area contributed by atoms with Gasteiger partial charge in [-0.15, -0.1) is 0 Å².